The highest BCUT2D eigenvalue weighted by Gasteiger charge is 2.13. The molecule has 0 amide bonds. The summed E-state index contributed by atoms with van der Waals surface area (Å²) in [6.45, 7) is 7.69. The minimum absolute atomic E-state index is 0.0567. The maximum absolute atomic E-state index is 5.24. The van der Waals surface area contributed by atoms with Crippen LogP contribution >= 0.6 is 0 Å². The van der Waals surface area contributed by atoms with Crippen molar-refractivity contribution in [3.05, 3.63) is 41.7 Å². The average molecular weight is 274 g/mol. The van der Waals surface area contributed by atoms with E-state index in [2.05, 4.69) is 36.4 Å². The number of nitrogens with zero attached hydrogens (tertiary/aromatic N) is 3. The quantitative estimate of drug-likeness (QED) is 0.909. The number of hydrogen-bond donors (Lipinski definition) is 1. The molecule has 1 N–H and O–H groups in total. The molecule has 5 nitrogen and oxygen atoms in total. The third kappa shape index (κ3) is 3.65. The van der Waals surface area contributed by atoms with Crippen LogP contribution in [-0.2, 0) is 17.9 Å². The zero-order valence-electron chi connectivity index (χ0n) is 12.6. The van der Waals surface area contributed by atoms with Gasteiger partial charge >= 0.3 is 0 Å². The van der Waals surface area contributed by atoms with E-state index in [1.54, 1.807) is 13.3 Å². The fourth-order valence-corrected chi connectivity index (χ4v) is 1.93. The fraction of sp³-hybridized carbons (Fsp3) is 0.467. The lowest BCUT2D eigenvalue weighted by molar-refractivity contribution is 0.184. The van der Waals surface area contributed by atoms with Crippen LogP contribution in [0.2, 0.25) is 0 Å². The van der Waals surface area contributed by atoms with Crippen molar-refractivity contribution in [1.29, 1.82) is 0 Å². The second-order valence-electron chi connectivity index (χ2n) is 5.80. The molecule has 0 aliphatic carbocycles. The molecule has 20 heavy (non-hydrogen) atoms. The average Bonchev–Trinajstić information content (AvgIpc) is 2.85. The largest absolute Gasteiger partial charge is 0.380 e. The van der Waals surface area contributed by atoms with Crippen molar-refractivity contribution in [2.24, 2.45) is 0 Å². The van der Waals surface area contributed by atoms with E-state index in [4.69, 9.17) is 4.74 Å². The maximum atomic E-state index is 5.24. The van der Waals surface area contributed by atoms with Crippen molar-refractivity contribution in [3.63, 3.8) is 0 Å². The molecule has 0 unspecified atom stereocenters. The molecule has 5 heteroatoms. The van der Waals surface area contributed by atoms with Gasteiger partial charge in [0, 0.05) is 24.8 Å². The molecule has 108 valence electrons. The molecule has 1 heterocycles. The number of methoxy groups -OCH3 is 1. The second-order valence-corrected chi connectivity index (χ2v) is 5.80. The lowest BCUT2D eigenvalue weighted by Crippen LogP contribution is -2.35. The Balaban J connectivity index is 2.28. The van der Waals surface area contributed by atoms with Crippen LogP contribution in [0.5, 0.6) is 0 Å². The minimum atomic E-state index is 0.0567. The first-order valence-electron chi connectivity index (χ1n) is 6.73. The zero-order chi connectivity index (χ0) is 14.6. The van der Waals surface area contributed by atoms with Crippen LogP contribution in [0.25, 0.3) is 5.69 Å². The molecule has 0 atom stereocenters. The summed E-state index contributed by atoms with van der Waals surface area (Å²) in [5.41, 5.74) is 3.19. The number of rotatable bonds is 5. The van der Waals surface area contributed by atoms with Gasteiger partial charge in [-0.05, 0) is 26.8 Å². The lowest BCUT2D eigenvalue weighted by Gasteiger charge is -2.20. The van der Waals surface area contributed by atoms with Gasteiger partial charge in [0.05, 0.1) is 24.2 Å². The molecule has 2 aromatic rings. The topological polar surface area (TPSA) is 52.0 Å². The Morgan fingerprint density at radius 2 is 2.00 bits per heavy atom. The number of hydrogen-bond acceptors (Lipinski definition) is 4. The van der Waals surface area contributed by atoms with E-state index in [1.165, 1.54) is 0 Å². The highest BCUT2D eigenvalue weighted by molar-refractivity contribution is 5.40. The summed E-state index contributed by atoms with van der Waals surface area (Å²) in [5.74, 6) is 0. The molecule has 0 aliphatic rings. The van der Waals surface area contributed by atoms with E-state index < -0.39 is 0 Å². The van der Waals surface area contributed by atoms with Gasteiger partial charge in [-0.15, -0.1) is 5.10 Å². The van der Waals surface area contributed by atoms with E-state index in [1.807, 2.05) is 28.9 Å². The Morgan fingerprint density at radius 1 is 1.25 bits per heavy atom. The summed E-state index contributed by atoms with van der Waals surface area (Å²) < 4.78 is 7.11. The molecule has 0 radical (unpaired) electrons. The van der Waals surface area contributed by atoms with Crippen molar-refractivity contribution < 1.29 is 4.74 Å². The van der Waals surface area contributed by atoms with Crippen molar-refractivity contribution in [1.82, 2.24) is 20.3 Å². The second kappa shape index (κ2) is 6.15. The minimum Gasteiger partial charge on any atom is -0.380 e. The van der Waals surface area contributed by atoms with Gasteiger partial charge in [-0.2, -0.15) is 0 Å². The summed E-state index contributed by atoms with van der Waals surface area (Å²) in [5, 5.41) is 11.7. The molecule has 1 aromatic carbocycles. The Hall–Kier alpha value is -1.72. The van der Waals surface area contributed by atoms with Crippen LogP contribution in [0, 0.1) is 0 Å². The first-order chi connectivity index (χ1) is 9.51. The molecule has 2 rings (SSSR count). The first kappa shape index (κ1) is 14.7. The summed E-state index contributed by atoms with van der Waals surface area (Å²) in [4.78, 5) is 0. The van der Waals surface area contributed by atoms with Crippen molar-refractivity contribution >= 4 is 0 Å². The molecular weight excluding hydrogens is 252 g/mol. The van der Waals surface area contributed by atoms with E-state index in [0.717, 1.165) is 23.5 Å². The molecule has 0 saturated carbocycles. The van der Waals surface area contributed by atoms with Crippen molar-refractivity contribution in [2.45, 2.75) is 39.5 Å². The smallest absolute Gasteiger partial charge is 0.0783 e. The van der Waals surface area contributed by atoms with Crippen LogP contribution in [0.15, 0.2) is 30.5 Å². The monoisotopic (exact) mass is 274 g/mol. The molecule has 0 spiro atoms. The van der Waals surface area contributed by atoms with Gasteiger partial charge in [-0.1, -0.05) is 23.4 Å². The summed E-state index contributed by atoms with van der Waals surface area (Å²) in [6.07, 6.45) is 1.79. The fourth-order valence-electron chi connectivity index (χ4n) is 1.93. The molecule has 0 fully saturated rings. The Morgan fingerprint density at radius 3 is 2.70 bits per heavy atom. The molecule has 0 bridgehead atoms. The Kier molecular flexibility index (Phi) is 4.52. The summed E-state index contributed by atoms with van der Waals surface area (Å²) in [6, 6.07) is 8.07. The van der Waals surface area contributed by atoms with Gasteiger partial charge in [-0.3, -0.25) is 0 Å². The van der Waals surface area contributed by atoms with Crippen LogP contribution in [0.3, 0.4) is 0 Å². The van der Waals surface area contributed by atoms with Gasteiger partial charge in [0.1, 0.15) is 0 Å². The summed E-state index contributed by atoms with van der Waals surface area (Å²) >= 11 is 0. The molecule has 1 aromatic heterocycles. The SMILES string of the molecule is COCc1ccccc1-n1nncc1CNC(C)(C)C. The first-order valence-corrected chi connectivity index (χ1v) is 6.73. The van der Waals surface area contributed by atoms with Crippen LogP contribution in [0.1, 0.15) is 32.0 Å². The lowest BCUT2D eigenvalue weighted by atomic mass is 10.1. The van der Waals surface area contributed by atoms with Crippen molar-refractivity contribution in [2.75, 3.05) is 7.11 Å². The number of para-hydroxylation sites is 1. The van der Waals surface area contributed by atoms with E-state index in [0.29, 0.717) is 6.61 Å². The van der Waals surface area contributed by atoms with Crippen LogP contribution in [-0.4, -0.2) is 27.6 Å². The predicted molar refractivity (Wildman–Crippen MR) is 78.7 cm³/mol. The van der Waals surface area contributed by atoms with Gasteiger partial charge in [0.15, 0.2) is 0 Å². The maximum Gasteiger partial charge on any atom is 0.0783 e. The Labute approximate surface area is 120 Å². The highest BCUT2D eigenvalue weighted by Crippen LogP contribution is 2.16. The standard InChI is InChI=1S/C15H22N4O/c1-15(2,3)16-9-13-10-17-18-19(13)14-8-6-5-7-12(14)11-20-4/h5-8,10,16H,9,11H2,1-4H3. The Bertz CT molecular complexity index is 557. The van der Waals surface area contributed by atoms with Gasteiger partial charge in [0.25, 0.3) is 0 Å². The third-order valence-corrected chi connectivity index (χ3v) is 2.94. The summed E-state index contributed by atoms with van der Waals surface area (Å²) in [7, 11) is 1.69. The molecule has 0 saturated heterocycles. The van der Waals surface area contributed by atoms with Gasteiger partial charge in [0.2, 0.25) is 0 Å². The third-order valence-electron chi connectivity index (χ3n) is 2.94. The number of ether oxygens (including phenoxy) is 1. The van der Waals surface area contributed by atoms with E-state index in [-0.39, 0.29) is 5.54 Å². The highest BCUT2D eigenvalue weighted by atomic mass is 16.5. The number of aromatic nitrogens is 3. The molecule has 0 aliphatic heterocycles. The van der Waals surface area contributed by atoms with Crippen molar-refractivity contribution in [3.8, 4) is 5.69 Å². The zero-order valence-corrected chi connectivity index (χ0v) is 12.6. The number of benzene rings is 1. The normalized spacial score (nSPS) is 11.8. The van der Waals surface area contributed by atoms with E-state index >= 15 is 0 Å². The van der Waals surface area contributed by atoms with Crippen LogP contribution < -0.4 is 5.32 Å². The van der Waals surface area contributed by atoms with Gasteiger partial charge < -0.3 is 10.1 Å². The van der Waals surface area contributed by atoms with E-state index in [9.17, 15) is 0 Å². The van der Waals surface area contributed by atoms with Gasteiger partial charge in [-0.25, -0.2) is 4.68 Å². The molecular formula is C15H22N4O. The van der Waals surface area contributed by atoms with Crippen LogP contribution in [0.4, 0.5) is 0 Å². The number of nitrogens with one attached hydrogen (secondary N) is 1. The predicted octanol–water partition coefficient (Wildman–Crippen LogP) is 2.30.